The highest BCUT2D eigenvalue weighted by atomic mass is 16.5. The van der Waals surface area contributed by atoms with Gasteiger partial charge in [-0.3, -0.25) is 0 Å². The molecule has 33 heavy (non-hydrogen) atoms. The number of nitrogens with zero attached hydrogens (tertiary/aromatic N) is 7. The zero-order valence-corrected chi connectivity index (χ0v) is 20.5. The van der Waals surface area contributed by atoms with Crippen molar-refractivity contribution in [3.63, 3.8) is 0 Å². The van der Waals surface area contributed by atoms with Crippen molar-refractivity contribution in [3.8, 4) is 6.01 Å². The van der Waals surface area contributed by atoms with Gasteiger partial charge in [-0.15, -0.1) is 5.10 Å². The van der Waals surface area contributed by atoms with Crippen molar-refractivity contribution in [2.45, 2.75) is 65.0 Å². The molecule has 178 valence electrons. The summed E-state index contributed by atoms with van der Waals surface area (Å²) in [6.45, 7) is 8.36. The Morgan fingerprint density at radius 1 is 1.21 bits per heavy atom. The number of aromatic nitrogens is 5. The number of fused-ring (bicyclic) bond motifs is 1. The van der Waals surface area contributed by atoms with Crippen molar-refractivity contribution >= 4 is 17.3 Å². The summed E-state index contributed by atoms with van der Waals surface area (Å²) in [6, 6.07) is 3.15. The van der Waals surface area contributed by atoms with Gasteiger partial charge in [0.05, 0.1) is 18.0 Å². The number of imidazole rings is 1. The maximum Gasteiger partial charge on any atom is 0.336 e. The molecule has 9 heteroatoms. The van der Waals surface area contributed by atoms with E-state index in [9.17, 15) is 0 Å². The van der Waals surface area contributed by atoms with E-state index in [-0.39, 0.29) is 12.1 Å². The summed E-state index contributed by atoms with van der Waals surface area (Å²) in [5.74, 6) is 1.40. The number of pyridine rings is 1. The van der Waals surface area contributed by atoms with Crippen LogP contribution >= 0.6 is 0 Å². The monoisotopic (exact) mass is 452 g/mol. The second-order valence-corrected chi connectivity index (χ2v) is 9.32. The van der Waals surface area contributed by atoms with Gasteiger partial charge in [-0.1, -0.05) is 19.4 Å². The van der Waals surface area contributed by atoms with E-state index < -0.39 is 0 Å². The first-order chi connectivity index (χ1) is 15.9. The van der Waals surface area contributed by atoms with Crippen molar-refractivity contribution in [1.29, 1.82) is 0 Å². The van der Waals surface area contributed by atoms with Gasteiger partial charge in [-0.05, 0) is 58.3 Å². The van der Waals surface area contributed by atoms with E-state index in [1.165, 1.54) is 18.4 Å². The molecule has 1 aliphatic rings. The van der Waals surface area contributed by atoms with Crippen LogP contribution in [0.1, 0.15) is 56.4 Å². The number of hydrogen-bond acceptors (Lipinski definition) is 8. The Labute approximate surface area is 196 Å². The van der Waals surface area contributed by atoms with Crippen LogP contribution < -0.4 is 15.4 Å². The number of anilines is 2. The van der Waals surface area contributed by atoms with Crippen LogP contribution in [0.15, 0.2) is 18.5 Å². The van der Waals surface area contributed by atoms with Gasteiger partial charge < -0.3 is 20.3 Å². The number of rotatable bonds is 8. The number of hydrogen-bond donors (Lipinski definition) is 1. The third-order valence-electron chi connectivity index (χ3n) is 6.43. The summed E-state index contributed by atoms with van der Waals surface area (Å²) >= 11 is 0. The molecule has 1 fully saturated rings. The van der Waals surface area contributed by atoms with Crippen molar-refractivity contribution in [2.24, 2.45) is 0 Å². The average molecular weight is 453 g/mol. The predicted octanol–water partition coefficient (Wildman–Crippen LogP) is 3.10. The molecule has 0 radical (unpaired) electrons. The topological polar surface area (TPSA) is 97.7 Å². The molecular weight excluding hydrogens is 416 g/mol. The minimum Gasteiger partial charge on any atom is -0.459 e. The van der Waals surface area contributed by atoms with Gasteiger partial charge >= 0.3 is 6.01 Å². The molecule has 1 aliphatic heterocycles. The molecule has 0 bridgehead atoms. The Bertz CT molecular complexity index is 1090. The summed E-state index contributed by atoms with van der Waals surface area (Å²) in [5.41, 5.74) is 9.91. The summed E-state index contributed by atoms with van der Waals surface area (Å²) < 4.78 is 7.61. The Balaban J connectivity index is 1.51. The second kappa shape index (κ2) is 9.91. The molecule has 3 aromatic heterocycles. The molecule has 4 rings (SSSR count). The van der Waals surface area contributed by atoms with E-state index in [2.05, 4.69) is 58.9 Å². The summed E-state index contributed by atoms with van der Waals surface area (Å²) in [4.78, 5) is 18.3. The largest absolute Gasteiger partial charge is 0.459 e. The normalized spacial score (nSPS) is 16.0. The lowest BCUT2D eigenvalue weighted by atomic mass is 10.0. The summed E-state index contributed by atoms with van der Waals surface area (Å²) in [6.07, 6.45) is 8.74. The summed E-state index contributed by atoms with van der Waals surface area (Å²) in [5, 5.41) is 4.56. The molecular formula is C24H36N8O. The van der Waals surface area contributed by atoms with E-state index >= 15 is 0 Å². The molecule has 0 spiro atoms. The van der Waals surface area contributed by atoms with Crippen molar-refractivity contribution in [1.82, 2.24) is 29.5 Å². The first-order valence-electron chi connectivity index (χ1n) is 11.9. The van der Waals surface area contributed by atoms with Crippen LogP contribution in [0.5, 0.6) is 6.01 Å². The van der Waals surface area contributed by atoms with Gasteiger partial charge in [0, 0.05) is 31.7 Å². The Morgan fingerprint density at radius 2 is 1.97 bits per heavy atom. The maximum absolute atomic E-state index is 6.13. The molecule has 0 saturated carbocycles. The number of nitrogen functional groups attached to an aromatic ring is 1. The van der Waals surface area contributed by atoms with Crippen LogP contribution in [0.25, 0.3) is 5.65 Å². The summed E-state index contributed by atoms with van der Waals surface area (Å²) in [7, 11) is 4.33. The smallest absolute Gasteiger partial charge is 0.336 e. The second-order valence-electron chi connectivity index (χ2n) is 9.32. The van der Waals surface area contributed by atoms with Gasteiger partial charge in [-0.2, -0.15) is 4.98 Å². The number of aryl methyl sites for hydroxylation is 1. The quantitative estimate of drug-likeness (QED) is 0.557. The van der Waals surface area contributed by atoms with Crippen molar-refractivity contribution in [2.75, 3.05) is 37.8 Å². The molecule has 1 atom stereocenters. The molecule has 4 heterocycles. The van der Waals surface area contributed by atoms with Crippen molar-refractivity contribution < 1.29 is 4.74 Å². The molecule has 2 N–H and O–H groups in total. The van der Waals surface area contributed by atoms with Gasteiger partial charge in [0.1, 0.15) is 5.82 Å². The highest BCUT2D eigenvalue weighted by molar-refractivity contribution is 5.60. The van der Waals surface area contributed by atoms with Crippen LogP contribution in [0.3, 0.4) is 0 Å². The van der Waals surface area contributed by atoms with Gasteiger partial charge in [0.15, 0.2) is 11.5 Å². The SMILES string of the molecule is CCCC(C)Oc1nc(N)c2ncc(Cc3cnc(N4CCC(N(C)C)CC4)c(C)c3)n2n1. The Hall–Kier alpha value is -2.94. The molecule has 1 unspecified atom stereocenters. The fourth-order valence-electron chi connectivity index (χ4n) is 4.60. The van der Waals surface area contributed by atoms with Crippen molar-refractivity contribution in [3.05, 3.63) is 35.3 Å². The lowest BCUT2D eigenvalue weighted by Gasteiger charge is -2.36. The van der Waals surface area contributed by atoms with Crippen LogP contribution in [-0.2, 0) is 6.42 Å². The zero-order chi connectivity index (χ0) is 23.5. The van der Waals surface area contributed by atoms with Gasteiger partial charge in [0.2, 0.25) is 0 Å². The Kier molecular flexibility index (Phi) is 6.97. The first-order valence-corrected chi connectivity index (χ1v) is 11.9. The van der Waals surface area contributed by atoms with Gasteiger partial charge in [-0.25, -0.2) is 14.5 Å². The third-order valence-corrected chi connectivity index (χ3v) is 6.43. The molecule has 0 amide bonds. The highest BCUT2D eigenvalue weighted by Gasteiger charge is 2.22. The molecule has 0 aliphatic carbocycles. The van der Waals surface area contributed by atoms with E-state index in [0.29, 0.717) is 23.9 Å². The number of ether oxygens (including phenoxy) is 1. The maximum atomic E-state index is 6.13. The van der Waals surface area contributed by atoms with Gasteiger partial charge in [0.25, 0.3) is 0 Å². The van der Waals surface area contributed by atoms with Crippen LogP contribution in [-0.4, -0.2) is 68.8 Å². The minimum atomic E-state index is 0.0287. The van der Waals surface area contributed by atoms with E-state index in [0.717, 1.165) is 43.0 Å². The van der Waals surface area contributed by atoms with Crippen LogP contribution in [0.2, 0.25) is 0 Å². The molecule has 9 nitrogen and oxygen atoms in total. The minimum absolute atomic E-state index is 0.0287. The fourth-order valence-corrected chi connectivity index (χ4v) is 4.60. The number of nitrogens with two attached hydrogens (primary N) is 1. The fraction of sp³-hybridized carbons (Fsp3) is 0.583. The highest BCUT2D eigenvalue weighted by Crippen LogP contribution is 2.25. The standard InChI is InChI=1S/C24H36N8O/c1-6-7-17(3)33-24-28-21(25)23-27-15-20(32(23)29-24)13-18-12-16(2)22(26-14-18)31-10-8-19(9-11-31)30(4)5/h12,14-15,17,19H,6-11,13H2,1-5H3,(H2,25,28,29). The van der Waals surface area contributed by atoms with Crippen LogP contribution in [0.4, 0.5) is 11.6 Å². The predicted molar refractivity (Wildman–Crippen MR) is 131 cm³/mol. The molecule has 1 saturated heterocycles. The van der Waals surface area contributed by atoms with E-state index in [4.69, 9.17) is 15.5 Å². The number of piperidine rings is 1. The lowest BCUT2D eigenvalue weighted by molar-refractivity contribution is 0.189. The molecule has 3 aromatic rings. The third kappa shape index (κ3) is 5.19. The zero-order valence-electron chi connectivity index (χ0n) is 20.5. The lowest BCUT2D eigenvalue weighted by Crippen LogP contribution is -2.42. The average Bonchev–Trinajstić information content (AvgIpc) is 3.17. The van der Waals surface area contributed by atoms with E-state index in [1.54, 1.807) is 10.7 Å². The van der Waals surface area contributed by atoms with E-state index in [1.807, 2.05) is 13.1 Å². The molecule has 0 aromatic carbocycles. The Morgan fingerprint density at radius 3 is 2.64 bits per heavy atom. The van der Waals surface area contributed by atoms with Crippen LogP contribution in [0, 0.1) is 6.92 Å². The first kappa shape index (κ1) is 23.2.